The van der Waals surface area contributed by atoms with Crippen LogP contribution in [0.15, 0.2) is 18.2 Å². The molecule has 0 aliphatic carbocycles. The highest BCUT2D eigenvalue weighted by Gasteiger charge is 2.16. The molecule has 0 radical (unpaired) electrons. The largest absolute Gasteiger partial charge is 0.495 e. The van der Waals surface area contributed by atoms with Crippen LogP contribution in [-0.2, 0) is 4.79 Å². The Labute approximate surface area is 131 Å². The average molecular weight is 312 g/mol. The van der Waals surface area contributed by atoms with Gasteiger partial charge in [-0.2, -0.15) is 0 Å². The lowest BCUT2D eigenvalue weighted by molar-refractivity contribution is -0.892. The number of hydrogen-bond donors (Lipinski definition) is 2. The van der Waals surface area contributed by atoms with Crippen LogP contribution in [0.25, 0.3) is 0 Å². The van der Waals surface area contributed by atoms with Gasteiger partial charge in [0.25, 0.3) is 5.91 Å². The van der Waals surface area contributed by atoms with Crippen molar-refractivity contribution in [2.75, 3.05) is 32.1 Å². The standard InChI is InChI=1S/C16H23ClN2O2/c1-21-15-8-7-13(11-14(15)17)18-16(20)12-19-9-5-3-2-4-6-10-19/h7-8,11H,2-6,9-10,12H2,1H3,(H,18,20)/p+1. The van der Waals surface area contributed by atoms with E-state index in [4.69, 9.17) is 16.3 Å². The number of ether oxygens (including phenoxy) is 1. The summed E-state index contributed by atoms with van der Waals surface area (Å²) in [5, 5.41) is 3.43. The van der Waals surface area contributed by atoms with Gasteiger partial charge in [-0.1, -0.05) is 18.0 Å². The Morgan fingerprint density at radius 3 is 2.52 bits per heavy atom. The van der Waals surface area contributed by atoms with Gasteiger partial charge in [-0.25, -0.2) is 0 Å². The van der Waals surface area contributed by atoms with Crippen LogP contribution in [0, 0.1) is 0 Å². The number of rotatable bonds is 4. The summed E-state index contributed by atoms with van der Waals surface area (Å²) in [6.07, 6.45) is 6.36. The lowest BCUT2D eigenvalue weighted by atomic mass is 10.1. The maximum atomic E-state index is 12.1. The van der Waals surface area contributed by atoms with Crippen LogP contribution in [0.2, 0.25) is 5.02 Å². The van der Waals surface area contributed by atoms with Crippen LogP contribution in [-0.4, -0.2) is 32.7 Å². The fraction of sp³-hybridized carbons (Fsp3) is 0.562. The predicted octanol–water partition coefficient (Wildman–Crippen LogP) is 2.14. The number of hydrogen-bond acceptors (Lipinski definition) is 2. The molecule has 21 heavy (non-hydrogen) atoms. The third-order valence-electron chi connectivity index (χ3n) is 3.91. The van der Waals surface area contributed by atoms with Gasteiger partial charge < -0.3 is 15.0 Å². The molecule has 116 valence electrons. The normalized spacial score (nSPS) is 16.9. The molecule has 1 aliphatic heterocycles. The van der Waals surface area contributed by atoms with E-state index in [1.165, 1.54) is 37.0 Å². The molecule has 2 N–H and O–H groups in total. The van der Waals surface area contributed by atoms with Crippen molar-refractivity contribution in [1.82, 2.24) is 0 Å². The topological polar surface area (TPSA) is 42.8 Å². The average Bonchev–Trinajstić information content (AvgIpc) is 2.42. The van der Waals surface area contributed by atoms with Crippen molar-refractivity contribution in [3.8, 4) is 5.75 Å². The van der Waals surface area contributed by atoms with Gasteiger partial charge in [0, 0.05) is 5.69 Å². The van der Waals surface area contributed by atoms with Crippen LogP contribution >= 0.6 is 11.6 Å². The van der Waals surface area contributed by atoms with E-state index in [1.807, 2.05) is 6.07 Å². The van der Waals surface area contributed by atoms with E-state index >= 15 is 0 Å². The Balaban J connectivity index is 1.87. The van der Waals surface area contributed by atoms with Gasteiger partial charge in [0.1, 0.15) is 5.75 Å². The zero-order chi connectivity index (χ0) is 15.1. The van der Waals surface area contributed by atoms with Crippen molar-refractivity contribution < 1.29 is 14.4 Å². The Morgan fingerprint density at radius 2 is 1.90 bits per heavy atom. The zero-order valence-electron chi connectivity index (χ0n) is 12.6. The molecule has 0 unspecified atom stereocenters. The third kappa shape index (κ3) is 5.21. The van der Waals surface area contributed by atoms with E-state index < -0.39 is 0 Å². The minimum Gasteiger partial charge on any atom is -0.495 e. The van der Waals surface area contributed by atoms with Gasteiger partial charge in [-0.05, 0) is 43.9 Å². The van der Waals surface area contributed by atoms with Crippen molar-refractivity contribution in [1.29, 1.82) is 0 Å². The molecular weight excluding hydrogens is 288 g/mol. The van der Waals surface area contributed by atoms with E-state index in [9.17, 15) is 4.79 Å². The number of likely N-dealkylation sites (tertiary alicyclic amines) is 1. The second kappa shape index (κ2) is 8.25. The summed E-state index contributed by atoms with van der Waals surface area (Å²) in [7, 11) is 1.57. The van der Waals surface area contributed by atoms with Crippen molar-refractivity contribution in [3.05, 3.63) is 23.2 Å². The van der Waals surface area contributed by atoms with Gasteiger partial charge in [0.2, 0.25) is 0 Å². The van der Waals surface area contributed by atoms with Crippen LogP contribution in [0.3, 0.4) is 0 Å². The summed E-state index contributed by atoms with van der Waals surface area (Å²) < 4.78 is 5.10. The maximum Gasteiger partial charge on any atom is 0.279 e. The second-order valence-corrected chi connectivity index (χ2v) is 6.00. The first-order valence-corrected chi connectivity index (χ1v) is 8.04. The molecule has 1 aliphatic rings. The zero-order valence-corrected chi connectivity index (χ0v) is 13.3. The summed E-state index contributed by atoms with van der Waals surface area (Å²) in [4.78, 5) is 13.5. The van der Waals surface area contributed by atoms with Crippen LogP contribution in [0.5, 0.6) is 5.75 Å². The molecule has 1 aromatic rings. The first-order chi connectivity index (χ1) is 10.2. The number of carbonyl (C=O) groups is 1. The second-order valence-electron chi connectivity index (χ2n) is 5.59. The van der Waals surface area contributed by atoms with Crippen molar-refractivity contribution >= 4 is 23.2 Å². The van der Waals surface area contributed by atoms with Crippen molar-refractivity contribution in [3.63, 3.8) is 0 Å². The Kier molecular flexibility index (Phi) is 6.33. The Bertz CT molecular complexity index is 471. The van der Waals surface area contributed by atoms with Crippen molar-refractivity contribution in [2.24, 2.45) is 0 Å². The molecule has 5 heteroatoms. The predicted molar refractivity (Wildman–Crippen MR) is 85.3 cm³/mol. The van der Waals surface area contributed by atoms with E-state index in [-0.39, 0.29) is 5.91 Å². The number of nitrogens with one attached hydrogen (secondary N) is 2. The van der Waals surface area contributed by atoms with Gasteiger partial charge >= 0.3 is 0 Å². The first-order valence-electron chi connectivity index (χ1n) is 7.66. The molecule has 0 atom stereocenters. The van der Waals surface area contributed by atoms with E-state index in [0.29, 0.717) is 17.3 Å². The summed E-state index contributed by atoms with van der Waals surface area (Å²) in [5.41, 5.74) is 0.720. The van der Waals surface area contributed by atoms with Crippen LogP contribution < -0.4 is 15.0 Å². The lowest BCUT2D eigenvalue weighted by Crippen LogP contribution is -3.13. The Morgan fingerprint density at radius 1 is 1.24 bits per heavy atom. The fourth-order valence-electron chi connectivity index (χ4n) is 2.76. The molecule has 4 nitrogen and oxygen atoms in total. The summed E-state index contributed by atoms with van der Waals surface area (Å²) in [6.45, 7) is 2.72. The van der Waals surface area contributed by atoms with Gasteiger partial charge in [-0.3, -0.25) is 4.79 Å². The smallest absolute Gasteiger partial charge is 0.279 e. The molecule has 1 fully saturated rings. The maximum absolute atomic E-state index is 12.1. The van der Waals surface area contributed by atoms with E-state index in [2.05, 4.69) is 5.32 Å². The highest BCUT2D eigenvalue weighted by molar-refractivity contribution is 6.32. The van der Waals surface area contributed by atoms with Gasteiger partial charge in [0.05, 0.1) is 25.2 Å². The molecule has 0 bridgehead atoms. The van der Waals surface area contributed by atoms with E-state index in [0.717, 1.165) is 18.8 Å². The fourth-order valence-corrected chi connectivity index (χ4v) is 3.02. The highest BCUT2D eigenvalue weighted by atomic mass is 35.5. The van der Waals surface area contributed by atoms with E-state index in [1.54, 1.807) is 19.2 Å². The highest BCUT2D eigenvalue weighted by Crippen LogP contribution is 2.26. The minimum atomic E-state index is 0.0480. The summed E-state index contributed by atoms with van der Waals surface area (Å²) in [6, 6.07) is 5.30. The number of carbonyl (C=O) groups excluding carboxylic acids is 1. The third-order valence-corrected chi connectivity index (χ3v) is 4.20. The van der Waals surface area contributed by atoms with Crippen LogP contribution in [0.4, 0.5) is 5.69 Å². The molecule has 2 rings (SSSR count). The molecule has 0 spiro atoms. The Hall–Kier alpha value is -1.26. The number of quaternary nitrogens is 1. The number of amides is 1. The van der Waals surface area contributed by atoms with Crippen LogP contribution in [0.1, 0.15) is 32.1 Å². The molecule has 1 amide bonds. The molecular formula is C16H24ClN2O2+. The monoisotopic (exact) mass is 311 g/mol. The molecule has 0 aromatic heterocycles. The van der Waals surface area contributed by atoms with Gasteiger partial charge in [0.15, 0.2) is 6.54 Å². The summed E-state index contributed by atoms with van der Waals surface area (Å²) in [5.74, 6) is 0.663. The van der Waals surface area contributed by atoms with Gasteiger partial charge in [-0.15, -0.1) is 0 Å². The first kappa shape index (κ1) is 16.1. The minimum absolute atomic E-state index is 0.0480. The van der Waals surface area contributed by atoms with Crippen molar-refractivity contribution in [2.45, 2.75) is 32.1 Å². The number of anilines is 1. The number of benzene rings is 1. The number of halogens is 1. The molecule has 1 saturated heterocycles. The number of methoxy groups -OCH3 is 1. The summed E-state index contributed by atoms with van der Waals surface area (Å²) >= 11 is 6.06. The molecule has 0 saturated carbocycles. The molecule has 1 aromatic carbocycles. The SMILES string of the molecule is COc1ccc(NC(=O)C[NH+]2CCCCCCC2)cc1Cl. The quantitative estimate of drug-likeness (QED) is 0.894. The lowest BCUT2D eigenvalue weighted by Gasteiger charge is -2.21. The molecule has 1 heterocycles.